The van der Waals surface area contributed by atoms with Crippen molar-refractivity contribution in [2.45, 2.75) is 84.0 Å². The summed E-state index contributed by atoms with van der Waals surface area (Å²) >= 11 is 0. The van der Waals surface area contributed by atoms with Crippen molar-refractivity contribution < 1.29 is 20.1 Å². The fourth-order valence-corrected chi connectivity index (χ4v) is 7.97. The molecule has 10 atom stereocenters. The summed E-state index contributed by atoms with van der Waals surface area (Å²) in [5.74, 6) is 2.17. The average Bonchev–Trinajstić information content (AvgIpc) is 2.82. The zero-order chi connectivity index (χ0) is 18.1. The van der Waals surface area contributed by atoms with Gasteiger partial charge in [0.2, 0.25) is 0 Å². The second-order valence-electron chi connectivity index (χ2n) is 9.99. The summed E-state index contributed by atoms with van der Waals surface area (Å²) in [5.41, 5.74) is 0.0112. The maximum absolute atomic E-state index is 12.6. The molecule has 0 spiro atoms. The standard InChI is InChI=1S/C21H34O4/c1-4-12-16(22)9-15-11-5-6-14-18(24)19(25)17(23)10-21(14,3)13(11)7-8-20(12,15)2/h11-15,17-19,23-25H,4-10H2,1-3H3/t11-,12-,13-,14-,15+,17+,18+,19+,20+,21+/m0/s1. The smallest absolute Gasteiger partial charge is 0.136 e. The van der Waals surface area contributed by atoms with Gasteiger partial charge in [-0.25, -0.2) is 0 Å². The van der Waals surface area contributed by atoms with Gasteiger partial charge in [0.15, 0.2) is 0 Å². The van der Waals surface area contributed by atoms with Crippen LogP contribution in [-0.4, -0.2) is 39.4 Å². The predicted molar refractivity (Wildman–Crippen MR) is 94.7 cm³/mol. The van der Waals surface area contributed by atoms with E-state index in [1.165, 1.54) is 0 Å². The third-order valence-corrected chi connectivity index (χ3v) is 9.20. The number of rotatable bonds is 1. The van der Waals surface area contributed by atoms with Crippen LogP contribution < -0.4 is 0 Å². The van der Waals surface area contributed by atoms with Gasteiger partial charge in [0.05, 0.1) is 12.2 Å². The van der Waals surface area contributed by atoms with E-state index in [2.05, 4.69) is 20.8 Å². The molecule has 4 heteroatoms. The van der Waals surface area contributed by atoms with E-state index in [-0.39, 0.29) is 22.7 Å². The van der Waals surface area contributed by atoms with E-state index >= 15 is 0 Å². The molecule has 25 heavy (non-hydrogen) atoms. The van der Waals surface area contributed by atoms with Crippen LogP contribution in [0, 0.1) is 40.4 Å². The van der Waals surface area contributed by atoms with Crippen LogP contribution in [0.1, 0.15) is 65.7 Å². The Hall–Kier alpha value is -0.450. The quantitative estimate of drug-likeness (QED) is 0.679. The Labute approximate surface area is 151 Å². The molecule has 0 unspecified atom stereocenters. The molecule has 0 aliphatic heterocycles. The topological polar surface area (TPSA) is 77.8 Å². The lowest BCUT2D eigenvalue weighted by Gasteiger charge is -2.62. The normalized spacial score (nSPS) is 58.4. The monoisotopic (exact) mass is 350 g/mol. The third-order valence-electron chi connectivity index (χ3n) is 9.20. The molecule has 0 aromatic carbocycles. The van der Waals surface area contributed by atoms with Crippen molar-refractivity contribution in [1.82, 2.24) is 0 Å². The van der Waals surface area contributed by atoms with Crippen LogP contribution in [0.3, 0.4) is 0 Å². The molecule has 0 radical (unpaired) electrons. The number of fused-ring (bicyclic) bond motifs is 5. The first kappa shape index (κ1) is 17.9. The number of carbonyl (C=O) groups is 1. The maximum atomic E-state index is 12.6. The molecule has 4 aliphatic rings. The third kappa shape index (κ3) is 2.26. The van der Waals surface area contributed by atoms with Gasteiger partial charge in [0, 0.05) is 12.3 Å². The summed E-state index contributed by atoms with van der Waals surface area (Å²) in [6, 6.07) is 0. The number of carbonyl (C=O) groups excluding carboxylic acids is 1. The van der Waals surface area contributed by atoms with E-state index in [4.69, 9.17) is 0 Å². The van der Waals surface area contributed by atoms with Crippen LogP contribution in [0.2, 0.25) is 0 Å². The molecule has 142 valence electrons. The Morgan fingerprint density at radius 3 is 2.36 bits per heavy atom. The fourth-order valence-electron chi connectivity index (χ4n) is 7.97. The number of hydrogen-bond acceptors (Lipinski definition) is 4. The zero-order valence-electron chi connectivity index (χ0n) is 15.8. The van der Waals surface area contributed by atoms with E-state index in [9.17, 15) is 20.1 Å². The Morgan fingerprint density at radius 1 is 0.960 bits per heavy atom. The van der Waals surface area contributed by atoms with Gasteiger partial charge in [-0.2, -0.15) is 0 Å². The summed E-state index contributed by atoms with van der Waals surface area (Å²) in [6.45, 7) is 6.72. The molecular weight excluding hydrogens is 316 g/mol. The Morgan fingerprint density at radius 2 is 1.68 bits per heavy atom. The molecule has 0 heterocycles. The Bertz CT molecular complexity index is 562. The van der Waals surface area contributed by atoms with E-state index in [1.54, 1.807) is 0 Å². The SMILES string of the molecule is CC[C@H]1C(=O)C[C@@H]2[C@H]3CC[C@H]4[C@@H](O)[C@H](O)[C@H](O)C[C@]4(C)[C@H]3CC[C@@]21C. The van der Waals surface area contributed by atoms with Gasteiger partial charge in [0.25, 0.3) is 0 Å². The first-order chi connectivity index (χ1) is 11.7. The van der Waals surface area contributed by atoms with Crippen molar-refractivity contribution >= 4 is 5.78 Å². The van der Waals surface area contributed by atoms with E-state index < -0.39 is 18.3 Å². The molecule has 4 rings (SSSR count). The highest BCUT2D eigenvalue weighted by molar-refractivity contribution is 5.84. The number of aliphatic hydroxyl groups excluding tert-OH is 3. The summed E-state index contributed by atoms with van der Waals surface area (Å²) in [7, 11) is 0. The van der Waals surface area contributed by atoms with Crippen molar-refractivity contribution in [3.63, 3.8) is 0 Å². The van der Waals surface area contributed by atoms with Crippen LogP contribution in [0.4, 0.5) is 0 Å². The molecule has 0 saturated heterocycles. The Kier molecular flexibility index (Phi) is 4.14. The summed E-state index contributed by atoms with van der Waals surface area (Å²) in [5, 5.41) is 31.1. The minimum atomic E-state index is -1.01. The molecule has 0 amide bonds. The van der Waals surface area contributed by atoms with Crippen molar-refractivity contribution in [2.24, 2.45) is 40.4 Å². The van der Waals surface area contributed by atoms with Crippen LogP contribution in [0.25, 0.3) is 0 Å². The van der Waals surface area contributed by atoms with Crippen LogP contribution in [0.5, 0.6) is 0 Å². The molecular formula is C21H34O4. The van der Waals surface area contributed by atoms with Crippen molar-refractivity contribution in [1.29, 1.82) is 0 Å². The lowest BCUT2D eigenvalue weighted by atomic mass is 9.44. The molecule has 0 bridgehead atoms. The largest absolute Gasteiger partial charge is 0.390 e. The van der Waals surface area contributed by atoms with Gasteiger partial charge in [-0.15, -0.1) is 0 Å². The van der Waals surface area contributed by atoms with Gasteiger partial charge >= 0.3 is 0 Å². The lowest BCUT2D eigenvalue weighted by Crippen LogP contribution is -2.61. The summed E-state index contributed by atoms with van der Waals surface area (Å²) < 4.78 is 0. The number of aliphatic hydroxyl groups is 3. The lowest BCUT2D eigenvalue weighted by molar-refractivity contribution is -0.207. The molecule has 0 aromatic rings. The van der Waals surface area contributed by atoms with Gasteiger partial charge in [-0.1, -0.05) is 20.8 Å². The highest BCUT2D eigenvalue weighted by Gasteiger charge is 2.63. The minimum Gasteiger partial charge on any atom is -0.390 e. The average molecular weight is 350 g/mol. The minimum absolute atomic E-state index is 0.0654. The second-order valence-corrected chi connectivity index (χ2v) is 9.99. The fraction of sp³-hybridized carbons (Fsp3) is 0.952. The second kappa shape index (κ2) is 5.77. The Balaban J connectivity index is 1.66. The number of hydrogen-bond donors (Lipinski definition) is 3. The van der Waals surface area contributed by atoms with Crippen LogP contribution in [-0.2, 0) is 4.79 Å². The highest BCUT2D eigenvalue weighted by Crippen LogP contribution is 2.67. The van der Waals surface area contributed by atoms with Crippen molar-refractivity contribution in [3.8, 4) is 0 Å². The molecule has 4 saturated carbocycles. The van der Waals surface area contributed by atoms with E-state index in [0.29, 0.717) is 30.0 Å². The number of Topliss-reactive ketones (excluding diaryl/α,β-unsaturated/α-hetero) is 1. The number of ketones is 1. The first-order valence-electron chi connectivity index (χ1n) is 10.3. The molecule has 0 aromatic heterocycles. The summed E-state index contributed by atoms with van der Waals surface area (Å²) in [6.07, 6.45) is 3.71. The molecule has 3 N–H and O–H groups in total. The van der Waals surface area contributed by atoms with Crippen molar-refractivity contribution in [3.05, 3.63) is 0 Å². The van der Waals surface area contributed by atoms with Crippen LogP contribution >= 0.6 is 0 Å². The summed E-state index contributed by atoms with van der Waals surface area (Å²) in [4.78, 5) is 12.6. The van der Waals surface area contributed by atoms with Crippen molar-refractivity contribution in [2.75, 3.05) is 0 Å². The zero-order valence-corrected chi connectivity index (χ0v) is 15.8. The van der Waals surface area contributed by atoms with Gasteiger partial charge in [-0.05, 0) is 73.0 Å². The highest BCUT2D eigenvalue weighted by atomic mass is 16.4. The molecule has 4 nitrogen and oxygen atoms in total. The van der Waals surface area contributed by atoms with Gasteiger partial charge < -0.3 is 15.3 Å². The predicted octanol–water partition coefficient (Wildman–Crippen LogP) is 2.54. The van der Waals surface area contributed by atoms with E-state index in [1.807, 2.05) is 0 Å². The van der Waals surface area contributed by atoms with Gasteiger partial charge in [0.1, 0.15) is 11.9 Å². The molecule has 4 fully saturated rings. The van der Waals surface area contributed by atoms with E-state index in [0.717, 1.165) is 38.5 Å². The van der Waals surface area contributed by atoms with Crippen LogP contribution in [0.15, 0.2) is 0 Å². The first-order valence-corrected chi connectivity index (χ1v) is 10.3. The van der Waals surface area contributed by atoms with Gasteiger partial charge in [-0.3, -0.25) is 4.79 Å². The maximum Gasteiger partial charge on any atom is 0.136 e. The molecule has 4 aliphatic carbocycles.